The predicted octanol–water partition coefficient (Wildman–Crippen LogP) is 3.15. The van der Waals surface area contributed by atoms with Crippen molar-refractivity contribution in [3.63, 3.8) is 0 Å². The van der Waals surface area contributed by atoms with E-state index in [4.69, 9.17) is 4.74 Å². The van der Waals surface area contributed by atoms with Crippen LogP contribution >= 0.6 is 0 Å². The van der Waals surface area contributed by atoms with Crippen molar-refractivity contribution in [1.29, 1.82) is 0 Å². The van der Waals surface area contributed by atoms with Gasteiger partial charge in [0.1, 0.15) is 0 Å². The molecule has 0 bridgehead atoms. The number of aryl methyl sites for hydroxylation is 1. The normalized spacial score (nSPS) is 16.2. The number of amides is 2. The van der Waals surface area contributed by atoms with Crippen LogP contribution in [0.3, 0.4) is 0 Å². The molecule has 29 heavy (non-hydrogen) atoms. The molecule has 2 aromatic rings. The summed E-state index contributed by atoms with van der Waals surface area (Å²) in [6.07, 6.45) is 0.965. The van der Waals surface area contributed by atoms with Crippen LogP contribution in [0, 0.1) is 0 Å². The maximum atomic E-state index is 12.8. The SMILES string of the molecule is CCc1ccc([C@H](C)NC(=O)Nc2cccc(S(=O)(=O)N3CCOCC3)c2)cc1. The van der Waals surface area contributed by atoms with E-state index in [1.165, 1.54) is 22.0 Å². The van der Waals surface area contributed by atoms with Crippen LogP contribution < -0.4 is 10.6 Å². The van der Waals surface area contributed by atoms with Gasteiger partial charge in [0.05, 0.1) is 24.2 Å². The fourth-order valence-corrected chi connectivity index (χ4v) is 4.61. The Kier molecular flexibility index (Phi) is 6.89. The van der Waals surface area contributed by atoms with Crippen LogP contribution in [0.2, 0.25) is 0 Å². The molecule has 0 saturated carbocycles. The maximum Gasteiger partial charge on any atom is 0.319 e. The molecule has 1 aliphatic heterocycles. The Balaban J connectivity index is 1.65. The van der Waals surface area contributed by atoms with Gasteiger partial charge in [-0.15, -0.1) is 0 Å². The third-order valence-electron chi connectivity index (χ3n) is 4.94. The van der Waals surface area contributed by atoms with Crippen molar-refractivity contribution in [3.8, 4) is 0 Å². The standard InChI is InChI=1S/C21H27N3O4S/c1-3-17-7-9-18(10-8-17)16(2)22-21(25)23-19-5-4-6-20(15-19)29(26,27)24-11-13-28-14-12-24/h4-10,15-16H,3,11-14H2,1-2H3,(H2,22,23,25)/t16-/m0/s1. The molecule has 2 aromatic carbocycles. The summed E-state index contributed by atoms with van der Waals surface area (Å²) < 4.78 is 32.2. The molecule has 0 aliphatic carbocycles. The summed E-state index contributed by atoms with van der Waals surface area (Å²) in [4.78, 5) is 12.5. The lowest BCUT2D eigenvalue weighted by Gasteiger charge is -2.26. The number of ether oxygens (including phenoxy) is 1. The molecule has 8 heteroatoms. The van der Waals surface area contributed by atoms with Crippen molar-refractivity contribution in [2.24, 2.45) is 0 Å². The topological polar surface area (TPSA) is 87.7 Å². The highest BCUT2D eigenvalue weighted by Gasteiger charge is 2.26. The molecular formula is C21H27N3O4S. The van der Waals surface area contributed by atoms with Crippen LogP contribution in [-0.4, -0.2) is 45.1 Å². The summed E-state index contributed by atoms with van der Waals surface area (Å²) in [5.74, 6) is 0. The van der Waals surface area contributed by atoms with Crippen LogP contribution in [0.5, 0.6) is 0 Å². The monoisotopic (exact) mass is 417 g/mol. The van der Waals surface area contributed by atoms with Crippen molar-refractivity contribution >= 4 is 21.7 Å². The zero-order valence-electron chi connectivity index (χ0n) is 16.7. The summed E-state index contributed by atoms with van der Waals surface area (Å²) in [5, 5.41) is 5.60. The molecule has 3 rings (SSSR count). The van der Waals surface area contributed by atoms with E-state index in [1.54, 1.807) is 12.1 Å². The number of morpholine rings is 1. The number of sulfonamides is 1. The van der Waals surface area contributed by atoms with Crippen LogP contribution in [0.4, 0.5) is 10.5 Å². The highest BCUT2D eigenvalue weighted by Crippen LogP contribution is 2.21. The van der Waals surface area contributed by atoms with E-state index in [2.05, 4.69) is 17.6 Å². The van der Waals surface area contributed by atoms with Gasteiger partial charge < -0.3 is 15.4 Å². The molecule has 0 aromatic heterocycles. The van der Waals surface area contributed by atoms with E-state index in [0.29, 0.717) is 32.0 Å². The van der Waals surface area contributed by atoms with Gasteiger partial charge in [-0.1, -0.05) is 37.3 Å². The number of rotatable bonds is 6. The minimum Gasteiger partial charge on any atom is -0.379 e. The van der Waals surface area contributed by atoms with Crippen molar-refractivity contribution < 1.29 is 17.9 Å². The minimum atomic E-state index is -3.61. The Morgan fingerprint density at radius 1 is 1.14 bits per heavy atom. The van der Waals surface area contributed by atoms with Crippen LogP contribution in [-0.2, 0) is 21.2 Å². The van der Waals surface area contributed by atoms with Gasteiger partial charge >= 0.3 is 6.03 Å². The molecule has 156 valence electrons. The van der Waals surface area contributed by atoms with E-state index in [9.17, 15) is 13.2 Å². The summed E-state index contributed by atoms with van der Waals surface area (Å²) in [6.45, 7) is 5.42. The zero-order valence-corrected chi connectivity index (χ0v) is 17.5. The molecule has 1 aliphatic rings. The second-order valence-electron chi connectivity index (χ2n) is 6.96. The summed E-state index contributed by atoms with van der Waals surface area (Å²) in [5.41, 5.74) is 2.66. The predicted molar refractivity (Wildman–Crippen MR) is 112 cm³/mol. The molecule has 0 radical (unpaired) electrons. The quantitative estimate of drug-likeness (QED) is 0.756. The van der Waals surface area contributed by atoms with Gasteiger partial charge in [0.25, 0.3) is 0 Å². The number of nitrogens with zero attached hydrogens (tertiary/aromatic N) is 1. The average Bonchev–Trinajstić information content (AvgIpc) is 2.74. The van der Waals surface area contributed by atoms with E-state index in [0.717, 1.165) is 12.0 Å². The Morgan fingerprint density at radius 2 is 1.83 bits per heavy atom. The van der Waals surface area contributed by atoms with E-state index >= 15 is 0 Å². The van der Waals surface area contributed by atoms with Gasteiger partial charge in [-0.25, -0.2) is 13.2 Å². The Bertz CT molecular complexity index is 939. The lowest BCUT2D eigenvalue weighted by atomic mass is 10.1. The molecule has 2 N–H and O–H groups in total. The first-order chi connectivity index (χ1) is 13.9. The third-order valence-corrected chi connectivity index (χ3v) is 6.83. The molecule has 1 atom stereocenters. The fraction of sp³-hybridized carbons (Fsp3) is 0.381. The van der Waals surface area contributed by atoms with Gasteiger partial charge in [0.15, 0.2) is 0 Å². The largest absolute Gasteiger partial charge is 0.379 e. The van der Waals surface area contributed by atoms with Crippen molar-refractivity contribution in [2.45, 2.75) is 31.2 Å². The van der Waals surface area contributed by atoms with Gasteiger partial charge in [0.2, 0.25) is 10.0 Å². The van der Waals surface area contributed by atoms with Crippen LogP contribution in [0.1, 0.15) is 31.0 Å². The van der Waals surface area contributed by atoms with Gasteiger partial charge in [-0.3, -0.25) is 0 Å². The highest BCUT2D eigenvalue weighted by atomic mass is 32.2. The molecule has 1 heterocycles. The number of nitrogens with one attached hydrogen (secondary N) is 2. The first kappa shape index (κ1) is 21.3. The van der Waals surface area contributed by atoms with Crippen molar-refractivity contribution in [2.75, 3.05) is 31.6 Å². The number of carbonyl (C=O) groups is 1. The Labute approximate surface area is 172 Å². The molecule has 0 spiro atoms. The number of carbonyl (C=O) groups excluding carboxylic acids is 1. The summed E-state index contributed by atoms with van der Waals surface area (Å²) in [6, 6.07) is 13.8. The van der Waals surface area contributed by atoms with Crippen LogP contribution in [0.25, 0.3) is 0 Å². The molecule has 0 unspecified atom stereocenters. The van der Waals surface area contributed by atoms with E-state index in [-0.39, 0.29) is 10.9 Å². The van der Waals surface area contributed by atoms with E-state index in [1.807, 2.05) is 31.2 Å². The minimum absolute atomic E-state index is 0.153. The average molecular weight is 418 g/mol. The summed E-state index contributed by atoms with van der Waals surface area (Å²) in [7, 11) is -3.61. The number of anilines is 1. The lowest BCUT2D eigenvalue weighted by Crippen LogP contribution is -2.40. The van der Waals surface area contributed by atoms with Gasteiger partial charge in [0, 0.05) is 18.8 Å². The third kappa shape index (κ3) is 5.35. The highest BCUT2D eigenvalue weighted by molar-refractivity contribution is 7.89. The first-order valence-corrected chi connectivity index (χ1v) is 11.2. The zero-order chi connectivity index (χ0) is 20.9. The molecule has 2 amide bonds. The van der Waals surface area contributed by atoms with Crippen molar-refractivity contribution in [3.05, 3.63) is 59.7 Å². The smallest absolute Gasteiger partial charge is 0.319 e. The number of benzene rings is 2. The van der Waals surface area contributed by atoms with E-state index < -0.39 is 16.1 Å². The number of urea groups is 1. The van der Waals surface area contributed by atoms with Crippen LogP contribution in [0.15, 0.2) is 53.4 Å². The number of hydrogen-bond acceptors (Lipinski definition) is 4. The molecule has 1 saturated heterocycles. The van der Waals surface area contributed by atoms with Crippen molar-refractivity contribution in [1.82, 2.24) is 9.62 Å². The first-order valence-electron chi connectivity index (χ1n) is 9.74. The molecular weight excluding hydrogens is 390 g/mol. The van der Waals surface area contributed by atoms with Gasteiger partial charge in [-0.2, -0.15) is 4.31 Å². The number of hydrogen-bond donors (Lipinski definition) is 2. The second-order valence-corrected chi connectivity index (χ2v) is 8.90. The van der Waals surface area contributed by atoms with Gasteiger partial charge in [-0.05, 0) is 42.7 Å². The molecule has 7 nitrogen and oxygen atoms in total. The Morgan fingerprint density at radius 3 is 2.48 bits per heavy atom. The summed E-state index contributed by atoms with van der Waals surface area (Å²) >= 11 is 0. The fourth-order valence-electron chi connectivity index (χ4n) is 3.16. The Hall–Kier alpha value is -2.42. The second kappa shape index (κ2) is 9.39. The molecule has 1 fully saturated rings. The maximum absolute atomic E-state index is 12.8. The lowest BCUT2D eigenvalue weighted by molar-refractivity contribution is 0.0730.